The van der Waals surface area contributed by atoms with Crippen LogP contribution in [0.5, 0.6) is 0 Å². The zero-order chi connectivity index (χ0) is 25.6. The maximum absolute atomic E-state index is 12.5. The molecule has 3 fully saturated rings. The fourth-order valence-corrected chi connectivity index (χ4v) is 9.27. The largest absolute Gasteiger partial charge is 0.462 e. The molecule has 0 saturated heterocycles. The van der Waals surface area contributed by atoms with E-state index in [2.05, 4.69) is 40.7 Å². The molecule has 0 spiro atoms. The minimum absolute atomic E-state index is 0.0375. The highest BCUT2D eigenvalue weighted by Gasteiger charge is 2.58. The van der Waals surface area contributed by atoms with Crippen molar-refractivity contribution in [2.75, 3.05) is 0 Å². The second-order valence-electron chi connectivity index (χ2n) is 14.9. The molecule has 0 aliphatic heterocycles. The Morgan fingerprint density at radius 1 is 1.09 bits per heavy atom. The Labute approximate surface area is 217 Å². The van der Waals surface area contributed by atoms with Crippen molar-refractivity contribution >= 4 is 5.97 Å². The van der Waals surface area contributed by atoms with Gasteiger partial charge >= 0.3 is 5.97 Å². The first-order chi connectivity index (χ1) is 16.4. The lowest BCUT2D eigenvalue weighted by Gasteiger charge is -2.58. The molecule has 4 aliphatic rings. The first-order valence-electron chi connectivity index (χ1n) is 15.3. The number of ether oxygens (including phenoxy) is 1. The average Bonchev–Trinajstić information content (AvgIpc) is 3.12. The summed E-state index contributed by atoms with van der Waals surface area (Å²) in [4.78, 5) is 12.5. The number of allylic oxidation sites excluding steroid dienone is 1. The van der Waals surface area contributed by atoms with Crippen LogP contribution < -0.4 is 0 Å². The van der Waals surface area contributed by atoms with Crippen LogP contribution in [0.2, 0.25) is 0 Å². The van der Waals surface area contributed by atoms with E-state index in [9.17, 15) is 4.79 Å². The summed E-state index contributed by atoms with van der Waals surface area (Å²) in [5.74, 6) is 5.29. The molecule has 4 rings (SSSR count). The molecule has 0 N–H and O–H groups in total. The maximum atomic E-state index is 12.5. The third-order valence-corrected chi connectivity index (χ3v) is 11.7. The van der Waals surface area contributed by atoms with E-state index < -0.39 is 5.41 Å². The lowest BCUT2D eigenvalue weighted by atomic mass is 9.47. The van der Waals surface area contributed by atoms with Gasteiger partial charge < -0.3 is 4.74 Å². The van der Waals surface area contributed by atoms with Gasteiger partial charge in [0.15, 0.2) is 0 Å². The number of hydrogen-bond acceptors (Lipinski definition) is 2. The van der Waals surface area contributed by atoms with Crippen LogP contribution in [0, 0.1) is 51.8 Å². The van der Waals surface area contributed by atoms with E-state index in [0.717, 1.165) is 48.3 Å². The van der Waals surface area contributed by atoms with Crippen LogP contribution in [0.3, 0.4) is 0 Å². The predicted octanol–water partition coefficient (Wildman–Crippen LogP) is 9.38. The SMILES string of the molecule is CC[C@H](CCC[C@H]1CC[C@H]2[C@@H]3CC=C4C[C@@H](OC(=O)C(C)(C)C)CC[C@]4(C)[C@H]3CC[C@]12C)C(C)C. The zero-order valence-electron chi connectivity index (χ0n) is 24.4. The Morgan fingerprint density at radius 2 is 1.83 bits per heavy atom. The fourth-order valence-electron chi connectivity index (χ4n) is 9.27. The predicted molar refractivity (Wildman–Crippen MR) is 147 cm³/mol. The van der Waals surface area contributed by atoms with Crippen molar-refractivity contribution in [2.24, 2.45) is 51.8 Å². The molecule has 0 aromatic rings. The zero-order valence-corrected chi connectivity index (χ0v) is 24.4. The van der Waals surface area contributed by atoms with Crippen molar-refractivity contribution in [1.29, 1.82) is 0 Å². The van der Waals surface area contributed by atoms with Gasteiger partial charge in [-0.3, -0.25) is 4.79 Å². The van der Waals surface area contributed by atoms with Gasteiger partial charge in [0, 0.05) is 6.42 Å². The topological polar surface area (TPSA) is 26.3 Å². The van der Waals surface area contributed by atoms with E-state index >= 15 is 0 Å². The molecule has 200 valence electrons. The molecular formula is C33H56O2. The van der Waals surface area contributed by atoms with E-state index in [-0.39, 0.29) is 12.1 Å². The van der Waals surface area contributed by atoms with Crippen molar-refractivity contribution < 1.29 is 9.53 Å². The standard InChI is InChI=1S/C33H56O2/c1-9-23(22(2)3)11-10-12-24-14-16-28-27-15-13-25-21-26(35-30(34)31(4,5)6)17-19-33(25,8)29(27)18-20-32(24,28)7/h13,22-24,26-29H,9-12,14-21H2,1-8H3/t23-,24+,26+,27+,28+,29+,32-,33+/m1/s1. The molecule has 8 atom stereocenters. The van der Waals surface area contributed by atoms with Crippen molar-refractivity contribution in [3.8, 4) is 0 Å². The summed E-state index contributed by atoms with van der Waals surface area (Å²) in [6.07, 6.45) is 18.7. The van der Waals surface area contributed by atoms with Gasteiger partial charge in [0.05, 0.1) is 5.41 Å². The molecule has 3 saturated carbocycles. The van der Waals surface area contributed by atoms with Crippen molar-refractivity contribution in [2.45, 2.75) is 139 Å². The molecule has 0 aromatic heterocycles. The van der Waals surface area contributed by atoms with Gasteiger partial charge in [-0.05, 0) is 118 Å². The summed E-state index contributed by atoms with van der Waals surface area (Å²) in [5.41, 5.74) is 2.11. The number of carbonyl (C=O) groups excluding carboxylic acids is 1. The van der Waals surface area contributed by atoms with Crippen molar-refractivity contribution in [1.82, 2.24) is 0 Å². The van der Waals surface area contributed by atoms with E-state index in [1.807, 2.05) is 20.8 Å². The number of esters is 1. The maximum Gasteiger partial charge on any atom is 0.311 e. The first kappa shape index (κ1) is 27.3. The molecular weight excluding hydrogens is 428 g/mol. The van der Waals surface area contributed by atoms with E-state index in [1.54, 1.807) is 5.57 Å². The quantitative estimate of drug-likeness (QED) is 0.266. The molecule has 35 heavy (non-hydrogen) atoms. The summed E-state index contributed by atoms with van der Waals surface area (Å²) < 4.78 is 5.98. The molecule has 0 heterocycles. The minimum atomic E-state index is -0.411. The van der Waals surface area contributed by atoms with Gasteiger partial charge in [-0.25, -0.2) is 0 Å². The molecule has 0 bridgehead atoms. The normalized spacial score (nSPS) is 39.9. The Hall–Kier alpha value is -0.790. The van der Waals surface area contributed by atoms with Crippen LogP contribution in [0.15, 0.2) is 11.6 Å². The minimum Gasteiger partial charge on any atom is -0.462 e. The van der Waals surface area contributed by atoms with E-state index in [0.29, 0.717) is 10.8 Å². The summed E-state index contributed by atoms with van der Waals surface area (Å²) in [7, 11) is 0. The van der Waals surface area contributed by atoms with Crippen molar-refractivity contribution in [3.05, 3.63) is 11.6 Å². The lowest BCUT2D eigenvalue weighted by Crippen LogP contribution is -2.50. The second kappa shape index (κ2) is 10.2. The highest BCUT2D eigenvalue weighted by Crippen LogP contribution is 2.66. The van der Waals surface area contributed by atoms with Gasteiger partial charge in [-0.1, -0.05) is 65.5 Å². The number of carbonyl (C=O) groups is 1. The van der Waals surface area contributed by atoms with Crippen LogP contribution in [-0.2, 0) is 9.53 Å². The lowest BCUT2D eigenvalue weighted by molar-refractivity contribution is -0.161. The molecule has 0 unspecified atom stereocenters. The molecule has 0 amide bonds. The third-order valence-electron chi connectivity index (χ3n) is 11.7. The van der Waals surface area contributed by atoms with Crippen LogP contribution >= 0.6 is 0 Å². The second-order valence-corrected chi connectivity index (χ2v) is 14.9. The van der Waals surface area contributed by atoms with Gasteiger partial charge in [0.25, 0.3) is 0 Å². The van der Waals surface area contributed by atoms with E-state index in [4.69, 9.17) is 4.74 Å². The average molecular weight is 485 g/mol. The Balaban J connectivity index is 1.41. The summed E-state index contributed by atoms with van der Waals surface area (Å²) >= 11 is 0. The van der Waals surface area contributed by atoms with Crippen molar-refractivity contribution in [3.63, 3.8) is 0 Å². The van der Waals surface area contributed by atoms with E-state index in [1.165, 1.54) is 64.2 Å². The van der Waals surface area contributed by atoms with Crippen LogP contribution in [0.1, 0.15) is 132 Å². The first-order valence-corrected chi connectivity index (χ1v) is 15.3. The molecule has 2 heteroatoms. The van der Waals surface area contributed by atoms with Gasteiger partial charge in [-0.15, -0.1) is 0 Å². The van der Waals surface area contributed by atoms with Crippen LogP contribution in [0.25, 0.3) is 0 Å². The van der Waals surface area contributed by atoms with Gasteiger partial charge in [0.2, 0.25) is 0 Å². The summed E-state index contributed by atoms with van der Waals surface area (Å²) in [5, 5.41) is 0. The van der Waals surface area contributed by atoms with Crippen LogP contribution in [-0.4, -0.2) is 12.1 Å². The molecule has 2 nitrogen and oxygen atoms in total. The molecule has 0 radical (unpaired) electrons. The fraction of sp³-hybridized carbons (Fsp3) is 0.909. The highest BCUT2D eigenvalue weighted by molar-refractivity contribution is 5.75. The van der Waals surface area contributed by atoms with Crippen LogP contribution in [0.4, 0.5) is 0 Å². The highest BCUT2D eigenvalue weighted by atomic mass is 16.5. The summed E-state index contributed by atoms with van der Waals surface area (Å²) in [6.45, 7) is 18.4. The Morgan fingerprint density at radius 3 is 2.49 bits per heavy atom. The monoisotopic (exact) mass is 484 g/mol. The number of hydrogen-bond donors (Lipinski definition) is 0. The number of fused-ring (bicyclic) bond motifs is 5. The Bertz CT molecular complexity index is 787. The van der Waals surface area contributed by atoms with Gasteiger partial charge in [-0.2, -0.15) is 0 Å². The Kier molecular flexibility index (Phi) is 7.92. The smallest absolute Gasteiger partial charge is 0.311 e. The third kappa shape index (κ3) is 5.16. The molecule has 4 aliphatic carbocycles. The number of rotatable bonds is 7. The molecule has 0 aromatic carbocycles. The van der Waals surface area contributed by atoms with Gasteiger partial charge in [0.1, 0.15) is 6.10 Å². The summed E-state index contributed by atoms with van der Waals surface area (Å²) in [6, 6.07) is 0.